The van der Waals surface area contributed by atoms with Crippen LogP contribution in [0.15, 0.2) is 34.3 Å². The summed E-state index contributed by atoms with van der Waals surface area (Å²) in [6.07, 6.45) is 0.453. The molecule has 1 aliphatic heterocycles. The molecule has 1 atom stereocenters. The number of hydrogen-bond donors (Lipinski definition) is 0. The average Bonchev–Trinajstić information content (AvgIpc) is 2.57. The first-order valence-electron chi connectivity index (χ1n) is 5.81. The Morgan fingerprint density at radius 3 is 2.94 bits per heavy atom. The van der Waals surface area contributed by atoms with E-state index in [1.165, 1.54) is 0 Å². The van der Waals surface area contributed by atoms with Gasteiger partial charge >= 0.3 is 0 Å². The lowest BCUT2D eigenvalue weighted by atomic mass is 10.3. The molecular formula is C13H15ClN2OS. The number of rotatable bonds is 4. The van der Waals surface area contributed by atoms with Gasteiger partial charge in [-0.1, -0.05) is 24.6 Å². The molecule has 96 valence electrons. The summed E-state index contributed by atoms with van der Waals surface area (Å²) in [4.78, 5) is 12.7. The first-order valence-corrected chi connectivity index (χ1v) is 7.07. The number of halogens is 1. The van der Waals surface area contributed by atoms with Crippen molar-refractivity contribution in [2.45, 2.75) is 30.4 Å². The molecule has 1 aromatic carbocycles. The SMILES string of the molecule is CC1=NN(CC(C)Sc2cccc(Cl)c2)C(=O)C1. The summed E-state index contributed by atoms with van der Waals surface area (Å²) in [5, 5.41) is 6.81. The molecule has 0 N–H and O–H groups in total. The Kier molecular flexibility index (Phi) is 4.30. The monoisotopic (exact) mass is 282 g/mol. The van der Waals surface area contributed by atoms with E-state index in [-0.39, 0.29) is 11.2 Å². The van der Waals surface area contributed by atoms with Crippen molar-refractivity contribution in [3.63, 3.8) is 0 Å². The second kappa shape index (κ2) is 5.76. The maximum absolute atomic E-state index is 11.6. The van der Waals surface area contributed by atoms with Gasteiger partial charge in [0, 0.05) is 20.9 Å². The number of carbonyl (C=O) groups is 1. The smallest absolute Gasteiger partial charge is 0.248 e. The van der Waals surface area contributed by atoms with E-state index in [1.54, 1.807) is 16.8 Å². The van der Waals surface area contributed by atoms with Gasteiger partial charge < -0.3 is 0 Å². The third-order valence-electron chi connectivity index (χ3n) is 2.55. The summed E-state index contributed by atoms with van der Waals surface area (Å²) in [6, 6.07) is 7.74. The molecule has 1 amide bonds. The molecule has 1 unspecified atom stereocenters. The largest absolute Gasteiger partial charge is 0.273 e. The highest BCUT2D eigenvalue weighted by atomic mass is 35.5. The van der Waals surface area contributed by atoms with Gasteiger partial charge in [-0.2, -0.15) is 5.10 Å². The van der Waals surface area contributed by atoms with Crippen molar-refractivity contribution in [2.75, 3.05) is 6.54 Å². The molecular weight excluding hydrogens is 268 g/mol. The van der Waals surface area contributed by atoms with Crippen LogP contribution in [-0.2, 0) is 4.79 Å². The third-order valence-corrected chi connectivity index (χ3v) is 3.86. The molecule has 0 saturated heterocycles. The molecule has 0 spiro atoms. The van der Waals surface area contributed by atoms with Crippen LogP contribution >= 0.6 is 23.4 Å². The Morgan fingerprint density at radius 2 is 2.33 bits per heavy atom. The van der Waals surface area contributed by atoms with Gasteiger partial charge in [-0.3, -0.25) is 4.79 Å². The number of nitrogens with zero attached hydrogens (tertiary/aromatic N) is 2. The number of hydrogen-bond acceptors (Lipinski definition) is 3. The number of carbonyl (C=O) groups excluding carboxylic acids is 1. The Hall–Kier alpha value is -1.00. The highest BCUT2D eigenvalue weighted by Gasteiger charge is 2.22. The van der Waals surface area contributed by atoms with Crippen LogP contribution in [0.1, 0.15) is 20.3 Å². The summed E-state index contributed by atoms with van der Waals surface area (Å²) < 4.78 is 0. The minimum Gasteiger partial charge on any atom is -0.273 e. The fourth-order valence-corrected chi connectivity index (χ4v) is 3.09. The summed E-state index contributed by atoms with van der Waals surface area (Å²) >= 11 is 7.64. The highest BCUT2D eigenvalue weighted by Crippen LogP contribution is 2.26. The van der Waals surface area contributed by atoms with Crippen LogP contribution in [0, 0.1) is 0 Å². The van der Waals surface area contributed by atoms with Gasteiger partial charge in [0.2, 0.25) is 5.91 Å². The lowest BCUT2D eigenvalue weighted by molar-refractivity contribution is -0.128. The van der Waals surface area contributed by atoms with Gasteiger partial charge in [-0.25, -0.2) is 5.01 Å². The first-order chi connectivity index (χ1) is 8.54. The van der Waals surface area contributed by atoms with Gasteiger partial charge in [0.1, 0.15) is 0 Å². The van der Waals surface area contributed by atoms with E-state index in [1.807, 2.05) is 31.2 Å². The molecule has 0 saturated carbocycles. The molecule has 5 heteroatoms. The van der Waals surface area contributed by atoms with Crippen molar-refractivity contribution < 1.29 is 4.79 Å². The number of hydrazone groups is 1. The van der Waals surface area contributed by atoms with E-state index in [2.05, 4.69) is 12.0 Å². The van der Waals surface area contributed by atoms with E-state index < -0.39 is 0 Å². The maximum atomic E-state index is 11.6. The fourth-order valence-electron chi connectivity index (χ4n) is 1.80. The Balaban J connectivity index is 1.93. The quantitative estimate of drug-likeness (QED) is 0.793. The predicted molar refractivity (Wildman–Crippen MR) is 76.2 cm³/mol. The summed E-state index contributed by atoms with van der Waals surface area (Å²) in [5.41, 5.74) is 0.889. The van der Waals surface area contributed by atoms with Crippen molar-refractivity contribution in [1.82, 2.24) is 5.01 Å². The lowest BCUT2D eigenvalue weighted by Crippen LogP contribution is -2.27. The Bertz CT molecular complexity index is 490. The molecule has 1 aliphatic rings. The van der Waals surface area contributed by atoms with E-state index in [0.717, 1.165) is 15.6 Å². The topological polar surface area (TPSA) is 32.7 Å². The Morgan fingerprint density at radius 1 is 1.56 bits per heavy atom. The molecule has 0 aliphatic carbocycles. The normalized spacial score (nSPS) is 16.9. The second-order valence-electron chi connectivity index (χ2n) is 4.37. The van der Waals surface area contributed by atoms with Crippen LogP contribution in [0.5, 0.6) is 0 Å². The van der Waals surface area contributed by atoms with Crippen LogP contribution in [0.2, 0.25) is 5.02 Å². The molecule has 0 fully saturated rings. The minimum atomic E-state index is 0.0889. The minimum absolute atomic E-state index is 0.0889. The van der Waals surface area contributed by atoms with E-state index in [9.17, 15) is 4.79 Å². The summed E-state index contributed by atoms with van der Waals surface area (Å²) in [6.45, 7) is 4.60. The fraction of sp³-hybridized carbons (Fsp3) is 0.385. The van der Waals surface area contributed by atoms with Crippen molar-refractivity contribution in [3.8, 4) is 0 Å². The molecule has 0 radical (unpaired) electrons. The van der Waals surface area contributed by atoms with E-state index in [4.69, 9.17) is 11.6 Å². The van der Waals surface area contributed by atoms with E-state index >= 15 is 0 Å². The first kappa shape index (κ1) is 13.4. The van der Waals surface area contributed by atoms with Crippen molar-refractivity contribution in [1.29, 1.82) is 0 Å². The van der Waals surface area contributed by atoms with Gasteiger partial charge in [0.15, 0.2) is 0 Å². The zero-order valence-electron chi connectivity index (χ0n) is 10.4. The van der Waals surface area contributed by atoms with Crippen molar-refractivity contribution in [2.24, 2.45) is 5.10 Å². The predicted octanol–water partition coefficient (Wildman–Crippen LogP) is 3.43. The van der Waals surface area contributed by atoms with Gasteiger partial charge in [-0.05, 0) is 25.1 Å². The van der Waals surface area contributed by atoms with Crippen molar-refractivity contribution in [3.05, 3.63) is 29.3 Å². The maximum Gasteiger partial charge on any atom is 0.248 e. The molecule has 0 aromatic heterocycles. The molecule has 1 heterocycles. The van der Waals surface area contributed by atoms with Crippen LogP contribution in [0.25, 0.3) is 0 Å². The number of benzene rings is 1. The standard InChI is InChI=1S/C13H15ClN2OS/c1-9-6-13(17)16(15-9)8-10(2)18-12-5-3-4-11(14)7-12/h3-5,7,10H,6,8H2,1-2H3. The molecule has 3 nitrogen and oxygen atoms in total. The van der Waals surface area contributed by atoms with Crippen molar-refractivity contribution >= 4 is 35.0 Å². The summed E-state index contributed by atoms with van der Waals surface area (Å²) in [7, 11) is 0. The molecule has 1 aromatic rings. The number of amides is 1. The van der Waals surface area contributed by atoms with Crippen LogP contribution < -0.4 is 0 Å². The van der Waals surface area contributed by atoms with E-state index in [0.29, 0.717) is 13.0 Å². The molecule has 0 bridgehead atoms. The molecule has 18 heavy (non-hydrogen) atoms. The van der Waals surface area contributed by atoms with Gasteiger partial charge in [-0.15, -0.1) is 11.8 Å². The van der Waals surface area contributed by atoms with Crippen LogP contribution in [0.4, 0.5) is 0 Å². The molecule has 2 rings (SSSR count). The third kappa shape index (κ3) is 3.50. The second-order valence-corrected chi connectivity index (χ2v) is 6.32. The highest BCUT2D eigenvalue weighted by molar-refractivity contribution is 8.00. The number of thioether (sulfide) groups is 1. The summed E-state index contributed by atoms with van der Waals surface area (Å²) in [5.74, 6) is 0.0889. The van der Waals surface area contributed by atoms with Crippen LogP contribution in [-0.4, -0.2) is 28.4 Å². The van der Waals surface area contributed by atoms with Gasteiger partial charge in [0.05, 0.1) is 13.0 Å². The Labute approximate surface area is 116 Å². The lowest BCUT2D eigenvalue weighted by Gasteiger charge is -2.17. The average molecular weight is 283 g/mol. The van der Waals surface area contributed by atoms with Gasteiger partial charge in [0.25, 0.3) is 0 Å². The zero-order chi connectivity index (χ0) is 13.1. The zero-order valence-corrected chi connectivity index (χ0v) is 12.0. The van der Waals surface area contributed by atoms with Crippen LogP contribution in [0.3, 0.4) is 0 Å².